The topological polar surface area (TPSA) is 76.2 Å². The number of thiophene rings is 1. The number of hydrogen-bond acceptors (Lipinski definition) is 7. The lowest BCUT2D eigenvalue weighted by Gasteiger charge is -2.29. The summed E-state index contributed by atoms with van der Waals surface area (Å²) in [5.74, 6) is -2.61. The summed E-state index contributed by atoms with van der Waals surface area (Å²) in [4.78, 5) is 48.1. The Morgan fingerprint density at radius 1 is 1.00 bits per heavy atom. The number of fused-ring (bicyclic) bond motifs is 1. The molecule has 0 N–H and O–H groups in total. The van der Waals surface area contributed by atoms with E-state index in [1.165, 1.54) is 23.5 Å². The summed E-state index contributed by atoms with van der Waals surface area (Å²) >= 11 is 19.9. The van der Waals surface area contributed by atoms with Crippen LogP contribution in [0.2, 0.25) is 15.1 Å². The Labute approximate surface area is 226 Å². The molecule has 36 heavy (non-hydrogen) atoms. The Bertz CT molecular complexity index is 1410. The smallest absolute Gasteiger partial charge is 0.341 e. The molecule has 0 bridgehead atoms. The summed E-state index contributed by atoms with van der Waals surface area (Å²) in [6.45, 7) is 3.57. The van der Waals surface area contributed by atoms with Crippen molar-refractivity contribution >= 4 is 74.6 Å². The van der Waals surface area contributed by atoms with Gasteiger partial charge in [-0.15, -0.1) is 11.3 Å². The molecule has 3 heterocycles. The van der Waals surface area contributed by atoms with Crippen molar-refractivity contribution < 1.29 is 24.0 Å². The van der Waals surface area contributed by atoms with E-state index in [0.29, 0.717) is 31.9 Å². The predicted octanol–water partition coefficient (Wildman–Crippen LogP) is 6.16. The second-order valence-corrected chi connectivity index (χ2v) is 10.9. The van der Waals surface area contributed by atoms with Gasteiger partial charge in [0.1, 0.15) is 10.9 Å². The second kappa shape index (κ2) is 9.36. The van der Waals surface area contributed by atoms with E-state index in [4.69, 9.17) is 44.4 Å². The molecule has 2 aromatic carbocycles. The zero-order chi connectivity index (χ0) is 25.9. The third kappa shape index (κ3) is 3.88. The number of esters is 1. The number of anilines is 2. The fourth-order valence-corrected chi connectivity index (χ4v) is 6.39. The zero-order valence-corrected chi connectivity index (χ0v) is 22.3. The fraction of sp³-hybridized carbons (Fsp3) is 0.240. The highest BCUT2D eigenvalue weighted by atomic mass is 35.5. The molecule has 0 unspecified atom stereocenters. The lowest BCUT2D eigenvalue weighted by atomic mass is 9.90. The number of hydroxylamine groups is 1. The summed E-state index contributed by atoms with van der Waals surface area (Å²) < 4.78 is 4.94. The summed E-state index contributed by atoms with van der Waals surface area (Å²) in [6.07, 6.45) is -1.13. The summed E-state index contributed by atoms with van der Waals surface area (Å²) in [6, 6.07) is 11.0. The van der Waals surface area contributed by atoms with Gasteiger partial charge in [-0.3, -0.25) is 14.4 Å². The van der Waals surface area contributed by atoms with Crippen LogP contribution in [0.15, 0.2) is 42.5 Å². The Morgan fingerprint density at radius 2 is 1.67 bits per heavy atom. The van der Waals surface area contributed by atoms with Gasteiger partial charge in [0.15, 0.2) is 6.10 Å². The minimum Gasteiger partial charge on any atom is -0.465 e. The maximum absolute atomic E-state index is 13.9. The molecule has 2 saturated heterocycles. The second-order valence-electron chi connectivity index (χ2n) is 8.43. The number of imide groups is 1. The predicted molar refractivity (Wildman–Crippen MR) is 139 cm³/mol. The monoisotopic (exact) mass is 564 g/mol. The van der Waals surface area contributed by atoms with Crippen molar-refractivity contribution in [3.63, 3.8) is 0 Å². The third-order valence-electron chi connectivity index (χ3n) is 6.44. The first-order valence-corrected chi connectivity index (χ1v) is 12.8. The fourth-order valence-electron chi connectivity index (χ4n) is 4.59. The van der Waals surface area contributed by atoms with Crippen LogP contribution >= 0.6 is 46.1 Å². The van der Waals surface area contributed by atoms with Gasteiger partial charge < -0.3 is 4.74 Å². The third-order valence-corrected chi connectivity index (χ3v) is 8.44. The van der Waals surface area contributed by atoms with Gasteiger partial charge in [0.2, 0.25) is 5.91 Å². The first-order valence-electron chi connectivity index (χ1n) is 10.9. The first kappa shape index (κ1) is 25.0. The minimum atomic E-state index is -1.13. The standard InChI is InChI=1S/C25H19Cl3N2O5S/c1-11-12(2)36-24(18(11)25(33)34-3)29-22(31)19-20(16-9-6-14(27)10-17(16)28)30(35-21(19)23(29)32)15-7-4-13(26)5-8-15/h4-10,19-21H,1-3H3/t19-,20+,21+/m0/s1. The number of hydrogen-bond donors (Lipinski definition) is 0. The Kier molecular flexibility index (Phi) is 6.51. The number of ether oxygens (including phenoxy) is 1. The van der Waals surface area contributed by atoms with Crippen LogP contribution in [-0.2, 0) is 19.2 Å². The van der Waals surface area contributed by atoms with Crippen LogP contribution in [0, 0.1) is 19.8 Å². The van der Waals surface area contributed by atoms with Gasteiger partial charge in [0.05, 0.1) is 24.4 Å². The molecule has 0 saturated carbocycles. The highest BCUT2D eigenvalue weighted by Gasteiger charge is 2.61. The van der Waals surface area contributed by atoms with Crippen molar-refractivity contribution in [3.05, 3.63) is 79.1 Å². The Balaban J connectivity index is 1.63. The molecule has 186 valence electrons. The zero-order valence-electron chi connectivity index (χ0n) is 19.3. The SMILES string of the molecule is COC(=O)c1c(N2C(=O)[C@H]3[C@@H](c4ccc(Cl)cc4Cl)N(c4ccc(Cl)cc4)O[C@H]3C2=O)sc(C)c1C. The van der Waals surface area contributed by atoms with E-state index >= 15 is 0 Å². The van der Waals surface area contributed by atoms with Gasteiger partial charge in [0, 0.05) is 19.9 Å². The number of carbonyl (C=O) groups excluding carboxylic acids is 3. The lowest BCUT2D eigenvalue weighted by molar-refractivity contribution is -0.126. The van der Waals surface area contributed by atoms with Gasteiger partial charge in [-0.1, -0.05) is 40.9 Å². The van der Waals surface area contributed by atoms with Crippen molar-refractivity contribution in [2.75, 3.05) is 17.1 Å². The highest BCUT2D eigenvalue weighted by molar-refractivity contribution is 7.17. The van der Waals surface area contributed by atoms with E-state index in [1.807, 2.05) is 6.92 Å². The molecule has 2 aliphatic rings. The van der Waals surface area contributed by atoms with Crippen LogP contribution in [-0.4, -0.2) is 31.0 Å². The van der Waals surface area contributed by atoms with Gasteiger partial charge >= 0.3 is 5.97 Å². The average molecular weight is 566 g/mol. The van der Waals surface area contributed by atoms with E-state index < -0.39 is 35.8 Å². The van der Waals surface area contributed by atoms with Crippen molar-refractivity contribution in [3.8, 4) is 0 Å². The normalized spacial score (nSPS) is 21.3. The van der Waals surface area contributed by atoms with Crippen LogP contribution in [0.4, 0.5) is 10.7 Å². The van der Waals surface area contributed by atoms with Gasteiger partial charge in [-0.05, 0) is 61.4 Å². The summed E-state index contributed by atoms with van der Waals surface area (Å²) in [5.41, 5.74) is 2.01. The van der Waals surface area contributed by atoms with Crippen molar-refractivity contribution in [1.82, 2.24) is 0 Å². The quantitative estimate of drug-likeness (QED) is 0.278. The maximum atomic E-state index is 13.9. The summed E-state index contributed by atoms with van der Waals surface area (Å²) in [5, 5.41) is 3.02. The molecular weight excluding hydrogens is 547 g/mol. The molecule has 11 heteroatoms. The molecule has 5 rings (SSSR count). The van der Waals surface area contributed by atoms with Crippen molar-refractivity contribution in [2.24, 2.45) is 5.92 Å². The van der Waals surface area contributed by atoms with Crippen molar-refractivity contribution in [2.45, 2.75) is 26.0 Å². The molecule has 2 amide bonds. The van der Waals surface area contributed by atoms with Gasteiger partial charge in [-0.2, -0.15) is 0 Å². The van der Waals surface area contributed by atoms with Crippen LogP contribution in [0.1, 0.15) is 32.4 Å². The molecule has 0 spiro atoms. The van der Waals surface area contributed by atoms with Crippen LogP contribution < -0.4 is 9.96 Å². The minimum absolute atomic E-state index is 0.192. The van der Waals surface area contributed by atoms with E-state index in [0.717, 1.165) is 9.78 Å². The van der Waals surface area contributed by atoms with E-state index in [1.54, 1.807) is 49.4 Å². The largest absolute Gasteiger partial charge is 0.465 e. The molecule has 3 atom stereocenters. The molecule has 1 aromatic heterocycles. The molecule has 3 aromatic rings. The highest BCUT2D eigenvalue weighted by Crippen LogP contribution is 2.51. The molecule has 2 aliphatic heterocycles. The number of amides is 2. The Morgan fingerprint density at radius 3 is 2.31 bits per heavy atom. The lowest BCUT2D eigenvalue weighted by Crippen LogP contribution is -2.37. The molecule has 7 nitrogen and oxygen atoms in total. The summed E-state index contributed by atoms with van der Waals surface area (Å²) in [7, 11) is 1.26. The van der Waals surface area contributed by atoms with E-state index in [9.17, 15) is 14.4 Å². The molecule has 0 aliphatic carbocycles. The van der Waals surface area contributed by atoms with Crippen LogP contribution in [0.5, 0.6) is 0 Å². The number of halogens is 3. The first-order chi connectivity index (χ1) is 17.1. The average Bonchev–Trinajstić information content (AvgIpc) is 3.44. The number of aryl methyl sites for hydroxylation is 1. The number of carbonyl (C=O) groups is 3. The van der Waals surface area contributed by atoms with Crippen molar-refractivity contribution in [1.29, 1.82) is 0 Å². The van der Waals surface area contributed by atoms with E-state index in [-0.39, 0.29) is 10.6 Å². The van der Waals surface area contributed by atoms with Crippen LogP contribution in [0.25, 0.3) is 0 Å². The van der Waals surface area contributed by atoms with Crippen LogP contribution in [0.3, 0.4) is 0 Å². The van der Waals surface area contributed by atoms with Gasteiger partial charge in [-0.25, -0.2) is 14.8 Å². The maximum Gasteiger partial charge on any atom is 0.341 e. The molecular formula is C25H19Cl3N2O5S. The number of benzene rings is 2. The van der Waals surface area contributed by atoms with Gasteiger partial charge in [0.25, 0.3) is 5.91 Å². The molecule has 2 fully saturated rings. The number of rotatable bonds is 4. The number of methoxy groups -OCH3 is 1. The molecule has 0 radical (unpaired) electrons. The van der Waals surface area contributed by atoms with E-state index in [2.05, 4.69) is 0 Å². The number of nitrogens with zero attached hydrogens (tertiary/aromatic N) is 2. The Hall–Kier alpha value is -2.62.